The molecule has 0 atom stereocenters. The quantitative estimate of drug-likeness (QED) is 0.784. The van der Waals surface area contributed by atoms with Gasteiger partial charge in [0.1, 0.15) is 12.1 Å². The van der Waals surface area contributed by atoms with Crippen molar-refractivity contribution in [2.24, 2.45) is 0 Å². The Labute approximate surface area is 110 Å². The summed E-state index contributed by atoms with van der Waals surface area (Å²) >= 11 is 0. The summed E-state index contributed by atoms with van der Waals surface area (Å²) in [5.74, 6) is -1.73. The molecular weight excluding hydrogens is 250 g/mol. The van der Waals surface area contributed by atoms with Gasteiger partial charge in [0, 0.05) is 7.05 Å². The van der Waals surface area contributed by atoms with Crippen molar-refractivity contribution in [3.63, 3.8) is 0 Å². The Bertz CT molecular complexity index is 550. The van der Waals surface area contributed by atoms with Crippen LogP contribution in [0.2, 0.25) is 0 Å². The molecule has 0 aliphatic carbocycles. The number of hydrogen-bond acceptors (Lipinski definition) is 4. The molecule has 0 radical (unpaired) electrons. The predicted molar refractivity (Wildman–Crippen MR) is 68.2 cm³/mol. The van der Waals surface area contributed by atoms with Crippen LogP contribution in [0.1, 0.15) is 35.5 Å². The van der Waals surface area contributed by atoms with E-state index >= 15 is 0 Å². The summed E-state index contributed by atoms with van der Waals surface area (Å²) in [6, 6.07) is 0. The number of nitrogens with one attached hydrogen (secondary N) is 1. The Hall–Kier alpha value is -2.18. The van der Waals surface area contributed by atoms with Crippen LogP contribution in [0.4, 0.5) is 0 Å². The van der Waals surface area contributed by atoms with Crippen molar-refractivity contribution >= 4 is 11.9 Å². The van der Waals surface area contributed by atoms with Crippen molar-refractivity contribution in [2.45, 2.75) is 26.7 Å². The summed E-state index contributed by atoms with van der Waals surface area (Å²) in [5.41, 5.74) is 0.622. The van der Waals surface area contributed by atoms with Crippen molar-refractivity contribution in [1.82, 2.24) is 15.1 Å². The number of aromatic amines is 1. The first-order valence-corrected chi connectivity index (χ1v) is 6.00. The van der Waals surface area contributed by atoms with E-state index in [1.165, 1.54) is 7.05 Å². The molecule has 19 heavy (non-hydrogen) atoms. The maximum Gasteiger partial charge on any atom is 0.323 e. The second kappa shape index (κ2) is 6.12. The van der Waals surface area contributed by atoms with Gasteiger partial charge in [-0.25, -0.2) is 5.10 Å². The molecule has 0 bridgehead atoms. The molecule has 0 aliphatic rings. The first-order chi connectivity index (χ1) is 8.92. The fourth-order valence-electron chi connectivity index (χ4n) is 1.89. The Morgan fingerprint density at radius 1 is 1.32 bits per heavy atom. The molecule has 1 rings (SSSR count). The molecule has 2 N–H and O–H groups in total. The lowest BCUT2D eigenvalue weighted by Crippen LogP contribution is -2.37. The molecule has 7 heteroatoms. The SMILES string of the molecule is CCc1n[nH]c(=O)c(C(=O)N(C)CC(=O)O)c1CC. The van der Waals surface area contributed by atoms with Gasteiger partial charge in [-0.2, -0.15) is 5.10 Å². The maximum absolute atomic E-state index is 12.2. The smallest absolute Gasteiger partial charge is 0.323 e. The topological polar surface area (TPSA) is 103 Å². The highest BCUT2D eigenvalue weighted by Crippen LogP contribution is 2.11. The minimum Gasteiger partial charge on any atom is -0.480 e. The molecule has 1 aromatic heterocycles. The fourth-order valence-corrected chi connectivity index (χ4v) is 1.89. The summed E-state index contributed by atoms with van der Waals surface area (Å²) in [6.45, 7) is 3.24. The minimum atomic E-state index is -1.13. The van der Waals surface area contributed by atoms with Crippen LogP contribution in [0, 0.1) is 0 Å². The van der Waals surface area contributed by atoms with Crippen LogP contribution in [0.25, 0.3) is 0 Å². The Morgan fingerprint density at radius 3 is 2.42 bits per heavy atom. The standard InChI is InChI=1S/C12H17N3O4/c1-4-7-8(5-2)13-14-11(18)10(7)12(19)15(3)6-9(16)17/h4-6H2,1-3H3,(H,14,18)(H,16,17). The van der Waals surface area contributed by atoms with Gasteiger partial charge >= 0.3 is 5.97 Å². The molecule has 0 fully saturated rings. The van der Waals surface area contributed by atoms with Gasteiger partial charge in [-0.15, -0.1) is 0 Å². The van der Waals surface area contributed by atoms with E-state index in [1.807, 2.05) is 13.8 Å². The van der Waals surface area contributed by atoms with E-state index in [4.69, 9.17) is 5.11 Å². The predicted octanol–water partition coefficient (Wildman–Crippen LogP) is 0.0513. The van der Waals surface area contributed by atoms with Gasteiger partial charge in [0.05, 0.1) is 5.69 Å². The highest BCUT2D eigenvalue weighted by Gasteiger charge is 2.22. The largest absolute Gasteiger partial charge is 0.480 e. The number of aryl methyl sites for hydroxylation is 1. The zero-order valence-corrected chi connectivity index (χ0v) is 11.2. The average molecular weight is 267 g/mol. The lowest BCUT2D eigenvalue weighted by Gasteiger charge is -2.16. The van der Waals surface area contributed by atoms with Crippen LogP contribution in [-0.4, -0.2) is 45.7 Å². The van der Waals surface area contributed by atoms with E-state index in [0.717, 1.165) is 4.90 Å². The number of carbonyl (C=O) groups excluding carboxylic acids is 1. The van der Waals surface area contributed by atoms with Crippen LogP contribution in [0.3, 0.4) is 0 Å². The second-order valence-electron chi connectivity index (χ2n) is 4.12. The Kier molecular flexibility index (Phi) is 4.80. The number of aromatic nitrogens is 2. The molecule has 7 nitrogen and oxygen atoms in total. The van der Waals surface area contributed by atoms with E-state index in [1.54, 1.807) is 0 Å². The number of H-pyrrole nitrogens is 1. The van der Waals surface area contributed by atoms with Crippen LogP contribution in [0.15, 0.2) is 4.79 Å². The molecule has 1 heterocycles. The monoisotopic (exact) mass is 267 g/mol. The maximum atomic E-state index is 12.2. The molecule has 0 aliphatic heterocycles. The molecule has 1 amide bonds. The van der Waals surface area contributed by atoms with Gasteiger partial charge in [-0.05, 0) is 18.4 Å². The number of carboxylic acid groups (broad SMARTS) is 1. The molecule has 0 spiro atoms. The molecule has 0 saturated carbocycles. The van der Waals surface area contributed by atoms with Crippen molar-refractivity contribution in [1.29, 1.82) is 0 Å². The normalized spacial score (nSPS) is 10.3. The van der Waals surface area contributed by atoms with Crippen molar-refractivity contribution in [2.75, 3.05) is 13.6 Å². The van der Waals surface area contributed by atoms with Crippen LogP contribution >= 0.6 is 0 Å². The van der Waals surface area contributed by atoms with Gasteiger partial charge < -0.3 is 10.0 Å². The molecule has 1 aromatic rings. The van der Waals surface area contributed by atoms with E-state index in [9.17, 15) is 14.4 Å². The summed E-state index contributed by atoms with van der Waals surface area (Å²) < 4.78 is 0. The second-order valence-corrected chi connectivity index (χ2v) is 4.12. The third kappa shape index (κ3) is 3.18. The molecule has 0 aromatic carbocycles. The van der Waals surface area contributed by atoms with E-state index in [2.05, 4.69) is 10.2 Å². The summed E-state index contributed by atoms with van der Waals surface area (Å²) in [4.78, 5) is 35.6. The molecular formula is C12H17N3O4. The minimum absolute atomic E-state index is 0.0156. The zero-order valence-electron chi connectivity index (χ0n) is 11.2. The van der Waals surface area contributed by atoms with E-state index in [-0.39, 0.29) is 5.56 Å². The zero-order chi connectivity index (χ0) is 14.6. The third-order valence-electron chi connectivity index (χ3n) is 2.79. The lowest BCUT2D eigenvalue weighted by atomic mass is 10.0. The van der Waals surface area contributed by atoms with E-state index in [0.29, 0.717) is 24.1 Å². The number of aliphatic carboxylic acids is 1. The first kappa shape index (κ1) is 14.9. The van der Waals surface area contributed by atoms with Gasteiger partial charge in [-0.1, -0.05) is 13.8 Å². The van der Waals surface area contributed by atoms with Crippen molar-refractivity contribution < 1.29 is 14.7 Å². The van der Waals surface area contributed by atoms with Crippen molar-refractivity contribution in [3.8, 4) is 0 Å². The molecule has 104 valence electrons. The van der Waals surface area contributed by atoms with Gasteiger partial charge in [-0.3, -0.25) is 14.4 Å². The number of likely N-dealkylation sites (N-methyl/N-ethyl adjacent to an activating group) is 1. The summed E-state index contributed by atoms with van der Waals surface area (Å²) in [7, 11) is 1.35. The fraction of sp³-hybridized carbons (Fsp3) is 0.500. The van der Waals surface area contributed by atoms with E-state index < -0.39 is 24.0 Å². The van der Waals surface area contributed by atoms with Crippen molar-refractivity contribution in [3.05, 3.63) is 27.2 Å². The number of nitrogens with zero attached hydrogens (tertiary/aromatic N) is 2. The van der Waals surface area contributed by atoms with Gasteiger partial charge in [0.2, 0.25) is 0 Å². The number of carboxylic acids is 1. The Morgan fingerprint density at radius 2 is 1.95 bits per heavy atom. The summed E-state index contributed by atoms with van der Waals surface area (Å²) in [6.07, 6.45) is 1.07. The number of amides is 1. The molecule has 0 unspecified atom stereocenters. The average Bonchev–Trinajstić information content (AvgIpc) is 2.36. The highest BCUT2D eigenvalue weighted by atomic mass is 16.4. The summed E-state index contributed by atoms with van der Waals surface area (Å²) in [5, 5.41) is 14.9. The van der Waals surface area contributed by atoms with Crippen LogP contribution < -0.4 is 5.56 Å². The number of carbonyl (C=O) groups is 2. The number of rotatable bonds is 5. The number of hydrogen-bond donors (Lipinski definition) is 2. The van der Waals surface area contributed by atoms with Gasteiger partial charge in [0.25, 0.3) is 11.5 Å². The van der Waals surface area contributed by atoms with Crippen LogP contribution in [0.5, 0.6) is 0 Å². The lowest BCUT2D eigenvalue weighted by molar-refractivity contribution is -0.137. The first-order valence-electron chi connectivity index (χ1n) is 6.00. The third-order valence-corrected chi connectivity index (χ3v) is 2.79. The van der Waals surface area contributed by atoms with Gasteiger partial charge in [0.15, 0.2) is 0 Å². The highest BCUT2D eigenvalue weighted by molar-refractivity contribution is 5.96. The Balaban J connectivity index is 3.29. The molecule has 0 saturated heterocycles. The van der Waals surface area contributed by atoms with Crippen LogP contribution in [-0.2, 0) is 17.6 Å².